The topological polar surface area (TPSA) is 3.24 Å². The van der Waals surface area contributed by atoms with Gasteiger partial charge in [-0.15, -0.1) is 0 Å². The number of rotatable bonds is 5. The molecule has 1 heteroatoms. The fraction of sp³-hybridized carbons (Fsp3) is 0.415. The monoisotopic (exact) mass is 555 g/mol. The minimum Gasteiger partial charge on any atom is -0.335 e. The van der Waals surface area contributed by atoms with Crippen molar-refractivity contribution in [2.45, 2.75) is 109 Å². The Morgan fingerprint density at radius 1 is 0.643 bits per heavy atom. The molecule has 0 aromatic heterocycles. The molecule has 0 unspecified atom stereocenters. The predicted octanol–water partition coefficient (Wildman–Crippen LogP) is 11.9. The molecule has 3 aliphatic rings. The Kier molecular flexibility index (Phi) is 6.27. The first-order chi connectivity index (χ1) is 20.9. The summed E-state index contributed by atoms with van der Waals surface area (Å²) in [6.45, 7) is 11.6. The van der Waals surface area contributed by atoms with Gasteiger partial charge in [0.15, 0.2) is 0 Å². The summed E-state index contributed by atoms with van der Waals surface area (Å²) >= 11 is 0. The molecule has 0 amide bonds. The quantitative estimate of drug-likeness (QED) is 0.237. The summed E-state index contributed by atoms with van der Waals surface area (Å²) in [6.07, 6.45) is 7.94. The molecule has 0 aliphatic heterocycles. The van der Waals surface area contributed by atoms with Crippen LogP contribution in [0, 0.1) is 0 Å². The number of nitrogens with zero attached hydrogens (tertiary/aromatic N) is 1. The van der Waals surface area contributed by atoms with E-state index >= 15 is 0 Å². The van der Waals surface area contributed by atoms with E-state index in [9.17, 15) is 2.74 Å². The molecule has 1 nitrogen and oxygen atoms in total. The summed E-state index contributed by atoms with van der Waals surface area (Å²) in [5.41, 5.74) is 11.8. The molecular formula is C41H47N. The fourth-order valence-corrected chi connectivity index (χ4v) is 8.08. The Morgan fingerprint density at radius 3 is 1.90 bits per heavy atom. The van der Waals surface area contributed by atoms with Crippen molar-refractivity contribution in [3.8, 4) is 22.3 Å². The second-order valence-corrected chi connectivity index (χ2v) is 14.3. The maximum absolute atomic E-state index is 9.99. The molecule has 0 heterocycles. The lowest BCUT2D eigenvalue weighted by Gasteiger charge is -2.43. The SMILES string of the molecule is [2H]C1(c2cc3c(cc2N(c2c(-c4ccccc4)cccc2C2([2H])CCCC2)C(C)(C)C)-c2ccccc2C3(C)C)CCCC1. The van der Waals surface area contributed by atoms with Gasteiger partial charge in [0.1, 0.15) is 0 Å². The van der Waals surface area contributed by atoms with Gasteiger partial charge in [-0.05, 0) is 103 Å². The van der Waals surface area contributed by atoms with Gasteiger partial charge < -0.3 is 4.90 Å². The average molecular weight is 556 g/mol. The molecule has 216 valence electrons. The van der Waals surface area contributed by atoms with E-state index in [1.807, 2.05) is 0 Å². The van der Waals surface area contributed by atoms with E-state index in [1.165, 1.54) is 33.4 Å². The molecule has 0 atom stereocenters. The van der Waals surface area contributed by atoms with Gasteiger partial charge in [-0.3, -0.25) is 0 Å². The Balaban J connectivity index is 1.58. The van der Waals surface area contributed by atoms with Gasteiger partial charge in [0.2, 0.25) is 0 Å². The largest absolute Gasteiger partial charge is 0.335 e. The second-order valence-electron chi connectivity index (χ2n) is 14.3. The first-order valence-electron chi connectivity index (χ1n) is 17.2. The Morgan fingerprint density at radius 2 is 1.24 bits per heavy atom. The number of fused-ring (bicyclic) bond motifs is 3. The minimum absolute atomic E-state index is 0.122. The van der Waals surface area contributed by atoms with E-state index in [4.69, 9.17) is 0 Å². The standard InChI is InChI=1S/C41H47N/c1-40(2,3)42(39-31(28-16-7-6-8-17-28)23-15-24-32(39)29-18-9-10-19-29)38-27-35-33-22-13-14-25-36(33)41(4,5)37(35)26-34(38)30-20-11-12-21-30/h6-8,13-17,22-27,29-30H,9-12,18-21H2,1-5H3/i29D,30D. The Labute approximate surface area is 256 Å². The normalized spacial score (nSPS) is 20.5. The van der Waals surface area contributed by atoms with Crippen molar-refractivity contribution in [1.82, 2.24) is 0 Å². The van der Waals surface area contributed by atoms with Crippen LogP contribution in [0.3, 0.4) is 0 Å². The van der Waals surface area contributed by atoms with Crippen LogP contribution in [0.5, 0.6) is 0 Å². The summed E-state index contributed by atoms with van der Waals surface area (Å²) in [5, 5.41) is 0. The Hall–Kier alpha value is -3.32. The van der Waals surface area contributed by atoms with Crippen LogP contribution in [0.4, 0.5) is 11.4 Å². The summed E-state index contributed by atoms with van der Waals surface area (Å²) in [6, 6.07) is 31.2. The van der Waals surface area contributed by atoms with E-state index in [-0.39, 0.29) is 11.0 Å². The smallest absolute Gasteiger partial charge is 0.0530 e. The summed E-state index contributed by atoms with van der Waals surface area (Å²) in [7, 11) is 0. The van der Waals surface area contributed by atoms with Crippen molar-refractivity contribution in [3.05, 3.63) is 107 Å². The second kappa shape index (κ2) is 10.4. The van der Waals surface area contributed by atoms with Crippen molar-refractivity contribution < 1.29 is 2.74 Å². The fourth-order valence-electron chi connectivity index (χ4n) is 8.08. The van der Waals surface area contributed by atoms with Gasteiger partial charge in [-0.25, -0.2) is 0 Å². The van der Waals surface area contributed by atoms with Crippen LogP contribution in [0.15, 0.2) is 84.9 Å². The van der Waals surface area contributed by atoms with E-state index in [0.717, 1.165) is 73.9 Å². The molecule has 0 N–H and O–H groups in total. The van der Waals surface area contributed by atoms with Crippen LogP contribution in [-0.2, 0) is 5.41 Å². The highest BCUT2D eigenvalue weighted by Gasteiger charge is 2.40. The highest BCUT2D eigenvalue weighted by Crippen LogP contribution is 2.55. The third-order valence-corrected chi connectivity index (χ3v) is 10.1. The zero-order valence-electron chi connectivity index (χ0n) is 28.2. The van der Waals surface area contributed by atoms with E-state index < -0.39 is 11.8 Å². The number of anilines is 2. The van der Waals surface area contributed by atoms with Gasteiger partial charge in [0.05, 0.1) is 5.69 Å². The number of hydrogen-bond donors (Lipinski definition) is 0. The molecular weight excluding hydrogens is 506 g/mol. The van der Waals surface area contributed by atoms with Crippen molar-refractivity contribution in [2.24, 2.45) is 0 Å². The molecule has 0 spiro atoms. The molecule has 42 heavy (non-hydrogen) atoms. The molecule has 4 aromatic carbocycles. The first-order valence-corrected chi connectivity index (χ1v) is 16.2. The van der Waals surface area contributed by atoms with Crippen molar-refractivity contribution in [2.75, 3.05) is 4.90 Å². The summed E-state index contributed by atoms with van der Waals surface area (Å²) in [5.74, 6) is -1.26. The predicted molar refractivity (Wildman–Crippen MR) is 180 cm³/mol. The highest BCUT2D eigenvalue weighted by molar-refractivity contribution is 5.90. The van der Waals surface area contributed by atoms with Gasteiger partial charge in [0, 0.05) is 24.9 Å². The van der Waals surface area contributed by atoms with Crippen molar-refractivity contribution in [1.29, 1.82) is 0 Å². The third kappa shape index (κ3) is 4.52. The molecule has 4 aromatic rings. The van der Waals surface area contributed by atoms with Crippen LogP contribution >= 0.6 is 0 Å². The minimum atomic E-state index is -0.632. The Bertz CT molecular complexity index is 1700. The first kappa shape index (κ1) is 25.2. The summed E-state index contributed by atoms with van der Waals surface area (Å²) < 4.78 is 19.8. The van der Waals surface area contributed by atoms with Gasteiger partial charge in [0.25, 0.3) is 0 Å². The maximum Gasteiger partial charge on any atom is 0.0530 e. The van der Waals surface area contributed by atoms with Crippen LogP contribution < -0.4 is 4.90 Å². The lowest BCUT2D eigenvalue weighted by atomic mass is 9.80. The zero-order valence-corrected chi connectivity index (χ0v) is 26.2. The number of hydrogen-bond acceptors (Lipinski definition) is 1. The van der Waals surface area contributed by atoms with Crippen LogP contribution in [0.2, 0.25) is 0 Å². The number of benzene rings is 4. The van der Waals surface area contributed by atoms with Gasteiger partial charge in [-0.1, -0.05) is 118 Å². The van der Waals surface area contributed by atoms with Gasteiger partial charge in [-0.2, -0.15) is 0 Å². The lowest BCUT2D eigenvalue weighted by molar-refractivity contribution is 0.551. The lowest BCUT2D eigenvalue weighted by Crippen LogP contribution is -2.39. The van der Waals surface area contributed by atoms with Crippen LogP contribution in [0.1, 0.15) is 123 Å². The highest BCUT2D eigenvalue weighted by atomic mass is 15.2. The van der Waals surface area contributed by atoms with Gasteiger partial charge >= 0.3 is 0 Å². The van der Waals surface area contributed by atoms with E-state index in [1.54, 1.807) is 0 Å². The van der Waals surface area contributed by atoms with Crippen molar-refractivity contribution >= 4 is 11.4 Å². The molecule has 3 aliphatic carbocycles. The third-order valence-electron chi connectivity index (χ3n) is 10.1. The van der Waals surface area contributed by atoms with E-state index in [2.05, 4.69) is 124 Å². The number of para-hydroxylation sites is 1. The van der Waals surface area contributed by atoms with Crippen LogP contribution in [0.25, 0.3) is 22.3 Å². The van der Waals surface area contributed by atoms with Crippen LogP contribution in [-0.4, -0.2) is 5.54 Å². The molecule has 7 rings (SSSR count). The molecule has 0 saturated heterocycles. The maximum atomic E-state index is 9.99. The van der Waals surface area contributed by atoms with Crippen molar-refractivity contribution in [3.63, 3.8) is 0 Å². The zero-order chi connectivity index (χ0) is 30.9. The average Bonchev–Trinajstić information content (AvgIpc) is 3.71. The molecule has 2 fully saturated rings. The molecule has 0 bridgehead atoms. The summed E-state index contributed by atoms with van der Waals surface area (Å²) in [4.78, 5) is 2.55. The molecule has 2 saturated carbocycles. The van der Waals surface area contributed by atoms with E-state index in [0.29, 0.717) is 0 Å². The molecule has 0 radical (unpaired) electrons.